The summed E-state index contributed by atoms with van der Waals surface area (Å²) in [6, 6.07) is 0. The van der Waals surface area contributed by atoms with Gasteiger partial charge in [0.2, 0.25) is 5.91 Å². The van der Waals surface area contributed by atoms with E-state index in [4.69, 9.17) is 5.73 Å². The molecule has 0 aliphatic carbocycles. The van der Waals surface area contributed by atoms with Crippen LogP contribution >= 0.6 is 0 Å². The summed E-state index contributed by atoms with van der Waals surface area (Å²) in [7, 11) is 0. The van der Waals surface area contributed by atoms with Crippen LogP contribution in [0.2, 0.25) is 0 Å². The first-order valence-corrected chi connectivity index (χ1v) is 4.31. The lowest BCUT2D eigenvalue weighted by atomic mass is 10.1. The molecule has 1 aliphatic rings. The van der Waals surface area contributed by atoms with Crippen molar-refractivity contribution >= 4 is 5.91 Å². The zero-order valence-corrected chi connectivity index (χ0v) is 7.13. The Morgan fingerprint density at radius 1 is 1.67 bits per heavy atom. The molecule has 0 spiro atoms. The van der Waals surface area contributed by atoms with Crippen molar-refractivity contribution in [1.29, 1.82) is 0 Å². The third kappa shape index (κ3) is 2.17. The molecular formula is C8H15FN2O. The van der Waals surface area contributed by atoms with Gasteiger partial charge < -0.3 is 10.6 Å². The van der Waals surface area contributed by atoms with Crippen molar-refractivity contribution < 1.29 is 9.18 Å². The molecule has 1 aliphatic heterocycles. The van der Waals surface area contributed by atoms with Gasteiger partial charge in [-0.2, -0.15) is 0 Å². The molecule has 1 fully saturated rings. The first kappa shape index (κ1) is 9.45. The van der Waals surface area contributed by atoms with Gasteiger partial charge in [0.15, 0.2) is 0 Å². The van der Waals surface area contributed by atoms with Gasteiger partial charge in [-0.3, -0.25) is 9.18 Å². The SMILES string of the molecule is NCCC(=O)N1CC[C@@H](CF)C1. The molecule has 1 saturated heterocycles. The van der Waals surface area contributed by atoms with Gasteiger partial charge in [0.1, 0.15) is 0 Å². The summed E-state index contributed by atoms with van der Waals surface area (Å²) in [5.74, 6) is 0.125. The molecule has 0 saturated carbocycles. The number of likely N-dealkylation sites (tertiary alicyclic amines) is 1. The van der Waals surface area contributed by atoms with Crippen molar-refractivity contribution in [1.82, 2.24) is 4.90 Å². The van der Waals surface area contributed by atoms with E-state index in [1.165, 1.54) is 0 Å². The molecule has 0 aromatic rings. The lowest BCUT2D eigenvalue weighted by Crippen LogP contribution is -2.30. The summed E-state index contributed by atoms with van der Waals surface area (Å²) in [6.45, 7) is 1.35. The van der Waals surface area contributed by atoms with Gasteiger partial charge in [-0.15, -0.1) is 0 Å². The van der Waals surface area contributed by atoms with Crippen molar-refractivity contribution in [3.8, 4) is 0 Å². The third-order valence-electron chi connectivity index (χ3n) is 2.21. The zero-order chi connectivity index (χ0) is 8.97. The predicted molar refractivity (Wildman–Crippen MR) is 44.3 cm³/mol. The largest absolute Gasteiger partial charge is 0.342 e. The van der Waals surface area contributed by atoms with Crippen LogP contribution in [0.15, 0.2) is 0 Å². The van der Waals surface area contributed by atoms with Crippen molar-refractivity contribution in [3.63, 3.8) is 0 Å². The molecule has 1 amide bonds. The number of carbonyl (C=O) groups is 1. The lowest BCUT2D eigenvalue weighted by molar-refractivity contribution is -0.130. The van der Waals surface area contributed by atoms with Crippen molar-refractivity contribution in [3.05, 3.63) is 0 Å². The Kier molecular flexibility index (Phi) is 3.47. The summed E-state index contributed by atoms with van der Waals surface area (Å²) in [5.41, 5.74) is 5.24. The molecule has 0 radical (unpaired) electrons. The molecule has 0 aromatic carbocycles. The van der Waals surface area contributed by atoms with E-state index in [9.17, 15) is 9.18 Å². The molecule has 70 valence electrons. The first-order chi connectivity index (χ1) is 5.77. The number of amides is 1. The highest BCUT2D eigenvalue weighted by Gasteiger charge is 2.25. The average molecular weight is 174 g/mol. The van der Waals surface area contributed by atoms with Crippen molar-refractivity contribution in [2.24, 2.45) is 11.7 Å². The Morgan fingerprint density at radius 2 is 2.42 bits per heavy atom. The number of halogens is 1. The summed E-state index contributed by atoms with van der Waals surface area (Å²) in [4.78, 5) is 12.9. The molecule has 1 rings (SSSR count). The Bertz CT molecular complexity index is 163. The van der Waals surface area contributed by atoms with Crippen LogP contribution in [0.3, 0.4) is 0 Å². The molecule has 2 N–H and O–H groups in total. The normalized spacial score (nSPS) is 23.2. The fraction of sp³-hybridized carbons (Fsp3) is 0.875. The highest BCUT2D eigenvalue weighted by molar-refractivity contribution is 5.76. The smallest absolute Gasteiger partial charge is 0.223 e. The molecule has 0 bridgehead atoms. The van der Waals surface area contributed by atoms with Crippen LogP contribution in [0, 0.1) is 5.92 Å². The van der Waals surface area contributed by atoms with Gasteiger partial charge in [0.05, 0.1) is 6.67 Å². The van der Waals surface area contributed by atoms with Crippen LogP contribution in [0.4, 0.5) is 4.39 Å². The Labute approximate surface area is 71.7 Å². The summed E-state index contributed by atoms with van der Waals surface area (Å²) >= 11 is 0. The second-order valence-electron chi connectivity index (χ2n) is 3.19. The van der Waals surface area contributed by atoms with Crippen LogP contribution < -0.4 is 5.73 Å². The number of hydrogen-bond donors (Lipinski definition) is 1. The van der Waals surface area contributed by atoms with Crippen molar-refractivity contribution in [2.75, 3.05) is 26.3 Å². The molecule has 3 nitrogen and oxygen atoms in total. The lowest BCUT2D eigenvalue weighted by Gasteiger charge is -2.14. The number of nitrogens with zero attached hydrogens (tertiary/aromatic N) is 1. The van der Waals surface area contributed by atoms with Crippen LogP contribution in [-0.4, -0.2) is 37.1 Å². The van der Waals surface area contributed by atoms with Gasteiger partial charge in [0.25, 0.3) is 0 Å². The molecule has 0 aromatic heterocycles. The van der Waals surface area contributed by atoms with Gasteiger partial charge in [-0.05, 0) is 6.42 Å². The molecule has 0 unspecified atom stereocenters. The number of carbonyl (C=O) groups excluding carboxylic acids is 1. The molecule has 12 heavy (non-hydrogen) atoms. The van der Waals surface area contributed by atoms with E-state index in [2.05, 4.69) is 0 Å². The molecule has 1 atom stereocenters. The maximum atomic E-state index is 12.2. The maximum Gasteiger partial charge on any atom is 0.223 e. The number of alkyl halides is 1. The van der Waals surface area contributed by atoms with Gasteiger partial charge in [-0.1, -0.05) is 0 Å². The minimum absolute atomic E-state index is 0.0618. The van der Waals surface area contributed by atoms with E-state index < -0.39 is 0 Å². The zero-order valence-electron chi connectivity index (χ0n) is 7.13. The third-order valence-corrected chi connectivity index (χ3v) is 2.21. The molecule has 1 heterocycles. The van der Waals surface area contributed by atoms with E-state index in [1.54, 1.807) is 4.90 Å². The van der Waals surface area contributed by atoms with E-state index in [0.29, 0.717) is 26.1 Å². The Balaban J connectivity index is 2.31. The number of hydrogen-bond acceptors (Lipinski definition) is 2. The van der Waals surface area contributed by atoms with Crippen LogP contribution in [-0.2, 0) is 4.79 Å². The molecule has 4 heteroatoms. The minimum atomic E-state index is -0.313. The first-order valence-electron chi connectivity index (χ1n) is 4.31. The van der Waals surface area contributed by atoms with Crippen LogP contribution in [0.25, 0.3) is 0 Å². The van der Waals surface area contributed by atoms with Gasteiger partial charge in [-0.25, -0.2) is 0 Å². The highest BCUT2D eigenvalue weighted by atomic mass is 19.1. The Morgan fingerprint density at radius 3 is 2.92 bits per heavy atom. The maximum absolute atomic E-state index is 12.2. The number of nitrogens with two attached hydrogens (primary N) is 1. The van der Waals surface area contributed by atoms with E-state index in [1.807, 2.05) is 0 Å². The fourth-order valence-electron chi connectivity index (χ4n) is 1.47. The van der Waals surface area contributed by atoms with Crippen LogP contribution in [0.1, 0.15) is 12.8 Å². The highest BCUT2D eigenvalue weighted by Crippen LogP contribution is 2.16. The summed E-state index contributed by atoms with van der Waals surface area (Å²) in [5, 5.41) is 0. The minimum Gasteiger partial charge on any atom is -0.342 e. The van der Waals surface area contributed by atoms with Crippen LogP contribution in [0.5, 0.6) is 0 Å². The van der Waals surface area contributed by atoms with E-state index in [-0.39, 0.29) is 18.5 Å². The van der Waals surface area contributed by atoms with Gasteiger partial charge >= 0.3 is 0 Å². The predicted octanol–water partition coefficient (Wildman–Crippen LogP) is 0.153. The molecular weight excluding hydrogens is 159 g/mol. The average Bonchev–Trinajstić information content (AvgIpc) is 2.52. The Hall–Kier alpha value is -0.640. The monoisotopic (exact) mass is 174 g/mol. The van der Waals surface area contributed by atoms with E-state index >= 15 is 0 Å². The van der Waals surface area contributed by atoms with Crippen molar-refractivity contribution in [2.45, 2.75) is 12.8 Å². The summed E-state index contributed by atoms with van der Waals surface area (Å²) in [6.07, 6.45) is 1.19. The quantitative estimate of drug-likeness (QED) is 0.662. The standard InChI is InChI=1S/C8H15FN2O/c9-5-7-2-4-11(6-7)8(12)1-3-10/h7H,1-6,10H2/t7-/m0/s1. The second-order valence-corrected chi connectivity index (χ2v) is 3.19. The summed E-state index contributed by atoms with van der Waals surface area (Å²) < 4.78 is 12.2. The second kappa shape index (κ2) is 4.40. The topological polar surface area (TPSA) is 46.3 Å². The van der Waals surface area contributed by atoms with Gasteiger partial charge in [0, 0.05) is 32.0 Å². The number of rotatable bonds is 3. The van der Waals surface area contributed by atoms with E-state index in [0.717, 1.165) is 6.42 Å². The fourth-order valence-corrected chi connectivity index (χ4v) is 1.47.